The van der Waals surface area contributed by atoms with Gasteiger partial charge < -0.3 is 14.6 Å². The van der Waals surface area contributed by atoms with Crippen LogP contribution < -0.4 is 4.74 Å². The molecule has 20 heavy (non-hydrogen) atoms. The lowest BCUT2D eigenvalue weighted by Gasteiger charge is -2.10. The Hall–Kier alpha value is -2.04. The minimum atomic E-state index is -1.02. The van der Waals surface area contributed by atoms with Crippen LogP contribution in [-0.2, 0) is 16.0 Å². The van der Waals surface area contributed by atoms with Crippen LogP contribution in [0, 0.1) is 5.92 Å². The highest BCUT2D eigenvalue weighted by atomic mass is 16.5. The maximum Gasteiger partial charge on any atom is 0.339 e. The number of esters is 1. The topological polar surface area (TPSA) is 72.8 Å². The first-order valence-corrected chi connectivity index (χ1v) is 6.66. The van der Waals surface area contributed by atoms with Gasteiger partial charge in [0.05, 0.1) is 13.7 Å². The summed E-state index contributed by atoms with van der Waals surface area (Å²) in [6, 6.07) is 5.02. The van der Waals surface area contributed by atoms with Crippen molar-refractivity contribution in [3.8, 4) is 5.75 Å². The highest BCUT2D eigenvalue weighted by Gasteiger charge is 2.23. The van der Waals surface area contributed by atoms with Gasteiger partial charge in [-0.3, -0.25) is 4.79 Å². The molecule has 1 fully saturated rings. The highest BCUT2D eigenvalue weighted by Crippen LogP contribution is 2.30. The molecule has 1 saturated carbocycles. The summed E-state index contributed by atoms with van der Waals surface area (Å²) >= 11 is 0. The summed E-state index contributed by atoms with van der Waals surface area (Å²) in [6.07, 6.45) is 2.99. The third-order valence-electron chi connectivity index (χ3n) is 3.29. The Morgan fingerprint density at radius 3 is 2.70 bits per heavy atom. The van der Waals surface area contributed by atoms with Crippen LogP contribution in [0.1, 0.15) is 35.2 Å². The molecule has 0 aromatic heterocycles. The van der Waals surface area contributed by atoms with E-state index in [1.807, 2.05) is 0 Å². The van der Waals surface area contributed by atoms with Crippen LogP contribution in [0.5, 0.6) is 5.75 Å². The summed E-state index contributed by atoms with van der Waals surface area (Å²) in [7, 11) is 1.33. The lowest BCUT2D eigenvalue weighted by molar-refractivity contribution is -0.140. The van der Waals surface area contributed by atoms with E-state index >= 15 is 0 Å². The van der Waals surface area contributed by atoms with Gasteiger partial charge in [-0.1, -0.05) is 6.07 Å². The summed E-state index contributed by atoms with van der Waals surface area (Å²) in [6.45, 7) is 0.571. The van der Waals surface area contributed by atoms with Gasteiger partial charge in [0, 0.05) is 6.42 Å². The fourth-order valence-corrected chi connectivity index (χ4v) is 1.87. The van der Waals surface area contributed by atoms with E-state index in [4.69, 9.17) is 4.74 Å². The van der Waals surface area contributed by atoms with Crippen molar-refractivity contribution in [2.24, 2.45) is 5.92 Å². The van der Waals surface area contributed by atoms with E-state index in [2.05, 4.69) is 4.74 Å². The smallest absolute Gasteiger partial charge is 0.339 e. The molecule has 2 rings (SSSR count). The summed E-state index contributed by atoms with van der Waals surface area (Å²) in [5.74, 6) is -0.367. The zero-order valence-corrected chi connectivity index (χ0v) is 11.4. The molecule has 1 N–H and O–H groups in total. The van der Waals surface area contributed by atoms with E-state index in [1.54, 1.807) is 18.2 Å². The molecule has 0 spiro atoms. The number of hydrogen-bond acceptors (Lipinski definition) is 4. The number of hydrogen-bond donors (Lipinski definition) is 1. The highest BCUT2D eigenvalue weighted by molar-refractivity contribution is 5.91. The number of aromatic carboxylic acids is 1. The summed E-state index contributed by atoms with van der Waals surface area (Å²) < 4.78 is 10.1. The molecular formula is C15H18O5. The normalized spacial score (nSPS) is 13.8. The van der Waals surface area contributed by atoms with E-state index in [0.29, 0.717) is 24.7 Å². The minimum absolute atomic E-state index is 0.146. The van der Waals surface area contributed by atoms with Crippen molar-refractivity contribution in [1.29, 1.82) is 0 Å². The van der Waals surface area contributed by atoms with Gasteiger partial charge in [-0.2, -0.15) is 0 Å². The van der Waals surface area contributed by atoms with Crippen molar-refractivity contribution in [3.63, 3.8) is 0 Å². The van der Waals surface area contributed by atoms with Crippen LogP contribution in [0.4, 0.5) is 0 Å². The lowest BCUT2D eigenvalue weighted by atomic mass is 10.1. The van der Waals surface area contributed by atoms with Crippen LogP contribution in [-0.4, -0.2) is 30.8 Å². The summed E-state index contributed by atoms with van der Waals surface area (Å²) in [4.78, 5) is 22.3. The molecule has 0 saturated heterocycles. The number of carbonyl (C=O) groups excluding carboxylic acids is 1. The Kier molecular flexibility index (Phi) is 4.61. The number of methoxy groups -OCH3 is 1. The molecule has 0 bridgehead atoms. The zero-order chi connectivity index (χ0) is 14.5. The van der Waals surface area contributed by atoms with E-state index in [0.717, 1.165) is 18.4 Å². The van der Waals surface area contributed by atoms with Crippen LogP contribution in [0.2, 0.25) is 0 Å². The number of benzene rings is 1. The summed E-state index contributed by atoms with van der Waals surface area (Å²) in [5.41, 5.74) is 0.930. The second kappa shape index (κ2) is 6.41. The molecule has 1 aromatic rings. The maximum absolute atomic E-state index is 11.3. The maximum atomic E-state index is 11.3. The molecule has 0 radical (unpaired) electrons. The van der Waals surface area contributed by atoms with Crippen LogP contribution in [0.15, 0.2) is 18.2 Å². The third-order valence-corrected chi connectivity index (χ3v) is 3.29. The van der Waals surface area contributed by atoms with E-state index in [9.17, 15) is 14.7 Å². The van der Waals surface area contributed by atoms with Gasteiger partial charge in [0.15, 0.2) is 0 Å². The molecular weight excluding hydrogens is 260 g/mol. The molecule has 0 heterocycles. The fraction of sp³-hybridized carbons (Fsp3) is 0.467. The van der Waals surface area contributed by atoms with Gasteiger partial charge in [0.1, 0.15) is 11.3 Å². The zero-order valence-electron chi connectivity index (χ0n) is 11.4. The van der Waals surface area contributed by atoms with Crippen molar-refractivity contribution < 1.29 is 24.2 Å². The fourth-order valence-electron chi connectivity index (χ4n) is 1.87. The molecule has 1 aliphatic rings. The van der Waals surface area contributed by atoms with Crippen molar-refractivity contribution >= 4 is 11.9 Å². The second-order valence-electron chi connectivity index (χ2n) is 4.97. The first-order valence-electron chi connectivity index (χ1n) is 6.66. The molecule has 0 atom stereocenters. The molecule has 5 nitrogen and oxygen atoms in total. The average Bonchev–Trinajstić information content (AvgIpc) is 3.26. The Morgan fingerprint density at radius 1 is 1.35 bits per heavy atom. The van der Waals surface area contributed by atoms with E-state index < -0.39 is 5.97 Å². The van der Waals surface area contributed by atoms with Gasteiger partial charge in [-0.25, -0.2) is 4.79 Å². The van der Waals surface area contributed by atoms with Gasteiger partial charge >= 0.3 is 11.9 Å². The van der Waals surface area contributed by atoms with Crippen molar-refractivity contribution in [1.82, 2.24) is 0 Å². The van der Waals surface area contributed by atoms with Crippen LogP contribution >= 0.6 is 0 Å². The number of aryl methyl sites for hydroxylation is 1. The molecule has 0 unspecified atom stereocenters. The number of carbonyl (C=O) groups is 2. The Morgan fingerprint density at radius 2 is 2.10 bits per heavy atom. The van der Waals surface area contributed by atoms with Gasteiger partial charge in [0.25, 0.3) is 0 Å². The second-order valence-corrected chi connectivity index (χ2v) is 4.97. The Labute approximate surface area is 117 Å². The van der Waals surface area contributed by atoms with Gasteiger partial charge in [-0.15, -0.1) is 0 Å². The molecule has 0 amide bonds. The number of carboxylic acids is 1. The molecule has 108 valence electrons. The summed E-state index contributed by atoms with van der Waals surface area (Å²) in [5, 5.41) is 9.22. The molecule has 5 heteroatoms. The largest absolute Gasteiger partial charge is 0.492 e. The van der Waals surface area contributed by atoms with Gasteiger partial charge in [-0.05, 0) is 42.9 Å². The quantitative estimate of drug-likeness (QED) is 0.775. The average molecular weight is 278 g/mol. The first kappa shape index (κ1) is 14.4. The van der Waals surface area contributed by atoms with E-state index in [-0.39, 0.29) is 18.0 Å². The number of carboxylic acid groups (broad SMARTS) is 1. The van der Waals surface area contributed by atoms with Crippen molar-refractivity contribution in [2.75, 3.05) is 13.7 Å². The first-order chi connectivity index (χ1) is 9.60. The minimum Gasteiger partial charge on any atom is -0.492 e. The van der Waals surface area contributed by atoms with Crippen LogP contribution in [0.25, 0.3) is 0 Å². The van der Waals surface area contributed by atoms with Crippen molar-refractivity contribution in [3.05, 3.63) is 29.3 Å². The van der Waals surface area contributed by atoms with E-state index in [1.165, 1.54) is 7.11 Å². The third kappa shape index (κ3) is 3.98. The Balaban J connectivity index is 2.05. The van der Waals surface area contributed by atoms with Gasteiger partial charge in [0.2, 0.25) is 0 Å². The Bertz CT molecular complexity index is 505. The monoisotopic (exact) mass is 278 g/mol. The molecule has 1 aromatic carbocycles. The molecule has 0 aliphatic heterocycles. The molecule has 1 aliphatic carbocycles. The predicted molar refractivity (Wildman–Crippen MR) is 72.0 cm³/mol. The number of ether oxygens (including phenoxy) is 2. The predicted octanol–water partition coefficient (Wildman–Crippen LogP) is 2.28. The lowest BCUT2D eigenvalue weighted by Crippen LogP contribution is -2.07. The van der Waals surface area contributed by atoms with Crippen molar-refractivity contribution in [2.45, 2.75) is 25.7 Å². The SMILES string of the molecule is COC(=O)CCc1ccc(OCC2CC2)c(C(=O)O)c1. The van der Waals surface area contributed by atoms with Crippen LogP contribution in [0.3, 0.4) is 0 Å². The number of rotatable bonds is 7. The standard InChI is InChI=1S/C15H18O5/c1-19-14(16)7-5-10-4-6-13(12(8-10)15(17)18)20-9-11-2-3-11/h4,6,8,11H,2-3,5,7,9H2,1H3,(H,17,18).